The van der Waals surface area contributed by atoms with Crippen molar-refractivity contribution >= 4 is 24.0 Å². The predicted molar refractivity (Wildman–Crippen MR) is 119 cm³/mol. The van der Waals surface area contributed by atoms with Gasteiger partial charge in [-0.05, 0) is 42.0 Å². The number of carbonyl (C=O) groups is 3. The molecule has 2 aromatic carbocycles. The molecule has 0 aliphatic carbocycles. The number of nitrogens with one attached hydrogen (secondary N) is 1. The quantitative estimate of drug-likeness (QED) is 0.327. The summed E-state index contributed by atoms with van der Waals surface area (Å²) in [5.41, 5.74) is 2.13. The Morgan fingerprint density at radius 1 is 1.12 bits per heavy atom. The van der Waals surface area contributed by atoms with Crippen LogP contribution in [0.15, 0.2) is 70.8 Å². The van der Waals surface area contributed by atoms with E-state index >= 15 is 0 Å². The molecule has 0 spiro atoms. The lowest BCUT2D eigenvalue weighted by atomic mass is 10.1. The molecule has 34 heavy (non-hydrogen) atoms. The van der Waals surface area contributed by atoms with Crippen LogP contribution < -0.4 is 10.1 Å². The van der Waals surface area contributed by atoms with Gasteiger partial charge in [-0.3, -0.25) is 9.69 Å². The highest BCUT2D eigenvalue weighted by Gasteiger charge is 2.34. The molecule has 2 heterocycles. The summed E-state index contributed by atoms with van der Waals surface area (Å²) in [6, 6.07) is 18.6. The third-order valence-electron chi connectivity index (χ3n) is 5.05. The fourth-order valence-corrected chi connectivity index (χ4v) is 3.29. The van der Waals surface area contributed by atoms with Gasteiger partial charge in [0.2, 0.25) is 5.76 Å². The molecule has 0 bridgehead atoms. The minimum atomic E-state index is -0.647. The van der Waals surface area contributed by atoms with E-state index in [0.29, 0.717) is 16.9 Å². The SMILES string of the molecule is COC(=O)c1ccc(CN2C(=O)NC(=Cc3ccc(OCc4ccccc4C#N)cc3)C2=O)o1. The molecule has 1 aromatic heterocycles. The van der Waals surface area contributed by atoms with Crippen LogP contribution in [0.1, 0.15) is 33.0 Å². The molecule has 1 aliphatic heterocycles. The molecular formula is C25H19N3O6. The Morgan fingerprint density at radius 2 is 1.88 bits per heavy atom. The number of esters is 1. The Hall–Kier alpha value is -4.84. The Kier molecular flexibility index (Phi) is 6.41. The first-order valence-corrected chi connectivity index (χ1v) is 10.2. The highest BCUT2D eigenvalue weighted by atomic mass is 16.5. The molecule has 9 heteroatoms. The zero-order valence-corrected chi connectivity index (χ0v) is 18.1. The molecule has 1 fully saturated rings. The third-order valence-corrected chi connectivity index (χ3v) is 5.05. The second kappa shape index (κ2) is 9.75. The monoisotopic (exact) mass is 457 g/mol. The molecule has 3 amide bonds. The number of hydrogen-bond donors (Lipinski definition) is 1. The molecule has 1 N–H and O–H groups in total. The van der Waals surface area contributed by atoms with E-state index in [1.165, 1.54) is 19.2 Å². The van der Waals surface area contributed by atoms with Gasteiger partial charge in [0.05, 0.1) is 25.3 Å². The van der Waals surface area contributed by atoms with Gasteiger partial charge in [-0.2, -0.15) is 5.26 Å². The van der Waals surface area contributed by atoms with Crippen molar-refractivity contribution in [2.24, 2.45) is 0 Å². The largest absolute Gasteiger partial charge is 0.489 e. The molecule has 1 saturated heterocycles. The lowest BCUT2D eigenvalue weighted by molar-refractivity contribution is -0.123. The third kappa shape index (κ3) is 4.81. The van der Waals surface area contributed by atoms with Gasteiger partial charge in [0, 0.05) is 5.56 Å². The van der Waals surface area contributed by atoms with Crippen LogP contribution in [-0.2, 0) is 22.7 Å². The van der Waals surface area contributed by atoms with E-state index in [1.807, 2.05) is 12.1 Å². The van der Waals surface area contributed by atoms with Crippen LogP contribution in [0.4, 0.5) is 4.79 Å². The Morgan fingerprint density at radius 3 is 2.62 bits per heavy atom. The smallest absolute Gasteiger partial charge is 0.373 e. The van der Waals surface area contributed by atoms with Crippen LogP contribution >= 0.6 is 0 Å². The number of furan rings is 1. The molecule has 9 nitrogen and oxygen atoms in total. The molecular weight excluding hydrogens is 438 g/mol. The number of carbonyl (C=O) groups excluding carboxylic acids is 3. The number of urea groups is 1. The van der Waals surface area contributed by atoms with E-state index in [9.17, 15) is 14.4 Å². The van der Waals surface area contributed by atoms with Crippen molar-refractivity contribution in [3.05, 3.63) is 94.6 Å². The van der Waals surface area contributed by atoms with Crippen molar-refractivity contribution < 1.29 is 28.3 Å². The maximum atomic E-state index is 12.7. The number of amides is 3. The molecule has 0 unspecified atom stereocenters. The summed E-state index contributed by atoms with van der Waals surface area (Å²) in [7, 11) is 1.23. The highest BCUT2D eigenvalue weighted by molar-refractivity contribution is 6.13. The van der Waals surface area contributed by atoms with Crippen molar-refractivity contribution in [1.82, 2.24) is 10.2 Å². The Bertz CT molecular complexity index is 1320. The van der Waals surface area contributed by atoms with Gasteiger partial charge in [0.1, 0.15) is 23.8 Å². The van der Waals surface area contributed by atoms with Gasteiger partial charge in [-0.1, -0.05) is 30.3 Å². The van der Waals surface area contributed by atoms with Gasteiger partial charge in [-0.25, -0.2) is 9.59 Å². The number of methoxy groups -OCH3 is 1. The van der Waals surface area contributed by atoms with E-state index in [-0.39, 0.29) is 30.4 Å². The van der Waals surface area contributed by atoms with Gasteiger partial charge >= 0.3 is 12.0 Å². The van der Waals surface area contributed by atoms with Crippen molar-refractivity contribution in [1.29, 1.82) is 5.26 Å². The fraction of sp³-hybridized carbons (Fsp3) is 0.120. The van der Waals surface area contributed by atoms with Crippen LogP contribution in [0.25, 0.3) is 6.08 Å². The summed E-state index contributed by atoms with van der Waals surface area (Å²) in [6.07, 6.45) is 1.55. The van der Waals surface area contributed by atoms with E-state index in [0.717, 1.165) is 10.5 Å². The second-order valence-corrected chi connectivity index (χ2v) is 7.26. The Labute approximate surface area is 194 Å². The fourth-order valence-electron chi connectivity index (χ4n) is 3.29. The Balaban J connectivity index is 1.40. The average Bonchev–Trinajstić information content (AvgIpc) is 3.43. The minimum absolute atomic E-state index is 0.0151. The van der Waals surface area contributed by atoms with Crippen LogP contribution in [0.2, 0.25) is 0 Å². The second-order valence-electron chi connectivity index (χ2n) is 7.26. The molecule has 3 aromatic rings. The number of hydrogen-bond acceptors (Lipinski definition) is 7. The number of rotatable bonds is 7. The summed E-state index contributed by atoms with van der Waals surface area (Å²) >= 11 is 0. The number of nitrogens with zero attached hydrogens (tertiary/aromatic N) is 2. The zero-order valence-electron chi connectivity index (χ0n) is 18.1. The number of nitriles is 1. The van der Waals surface area contributed by atoms with Gasteiger partial charge < -0.3 is 19.2 Å². The molecule has 170 valence electrons. The molecule has 0 radical (unpaired) electrons. The molecule has 0 saturated carbocycles. The first-order chi connectivity index (χ1) is 16.5. The zero-order chi connectivity index (χ0) is 24.1. The maximum Gasteiger partial charge on any atom is 0.373 e. The van der Waals surface area contributed by atoms with Crippen molar-refractivity contribution in [3.8, 4) is 11.8 Å². The first-order valence-electron chi connectivity index (χ1n) is 10.2. The summed E-state index contributed by atoms with van der Waals surface area (Å²) in [6.45, 7) is 0.119. The van der Waals surface area contributed by atoms with Crippen LogP contribution in [0.3, 0.4) is 0 Å². The minimum Gasteiger partial charge on any atom is -0.489 e. The number of benzene rings is 2. The van der Waals surface area contributed by atoms with Crippen LogP contribution in [0, 0.1) is 11.3 Å². The normalized spacial score (nSPS) is 14.1. The van der Waals surface area contributed by atoms with Crippen molar-refractivity contribution in [2.45, 2.75) is 13.2 Å². The van der Waals surface area contributed by atoms with Crippen molar-refractivity contribution in [2.75, 3.05) is 7.11 Å². The predicted octanol–water partition coefficient (Wildman–Crippen LogP) is 3.61. The summed E-state index contributed by atoms with van der Waals surface area (Å²) in [5, 5.41) is 11.7. The summed E-state index contributed by atoms with van der Waals surface area (Å²) in [4.78, 5) is 37.5. The van der Waals surface area contributed by atoms with Gasteiger partial charge in [-0.15, -0.1) is 0 Å². The molecule has 4 rings (SSSR count). The maximum absolute atomic E-state index is 12.7. The van der Waals surface area contributed by atoms with E-state index < -0.39 is 17.9 Å². The van der Waals surface area contributed by atoms with Gasteiger partial charge in [0.15, 0.2) is 0 Å². The topological polar surface area (TPSA) is 122 Å². The van der Waals surface area contributed by atoms with Crippen molar-refractivity contribution in [3.63, 3.8) is 0 Å². The lowest BCUT2D eigenvalue weighted by Crippen LogP contribution is -2.30. The van der Waals surface area contributed by atoms with E-state index in [2.05, 4.69) is 16.1 Å². The summed E-state index contributed by atoms with van der Waals surface area (Å²) in [5.74, 6) is -0.318. The number of imide groups is 1. The van der Waals surface area contributed by atoms with Gasteiger partial charge in [0.25, 0.3) is 5.91 Å². The van der Waals surface area contributed by atoms with Crippen LogP contribution in [-0.4, -0.2) is 29.9 Å². The highest BCUT2D eigenvalue weighted by Crippen LogP contribution is 2.21. The molecule has 1 aliphatic rings. The van der Waals surface area contributed by atoms with E-state index in [4.69, 9.17) is 14.4 Å². The first kappa shape index (κ1) is 22.4. The summed E-state index contributed by atoms with van der Waals surface area (Å²) < 4.78 is 15.7. The van der Waals surface area contributed by atoms with Crippen LogP contribution in [0.5, 0.6) is 5.75 Å². The van der Waals surface area contributed by atoms with E-state index in [1.54, 1.807) is 42.5 Å². The average molecular weight is 457 g/mol. The molecule has 0 atom stereocenters. The number of ether oxygens (including phenoxy) is 2. The standard InChI is InChI=1S/C25H19N3O6/c1-32-24(30)22-11-10-20(34-22)14-28-23(29)21(27-25(28)31)12-16-6-8-19(9-7-16)33-15-18-5-3-2-4-17(18)13-26/h2-12H,14-15H2,1H3,(H,27,31). The lowest BCUT2D eigenvalue weighted by Gasteiger charge is -2.09.